The molecule has 0 aliphatic heterocycles. The van der Waals surface area contributed by atoms with Crippen molar-refractivity contribution in [3.05, 3.63) is 17.6 Å². The normalized spacial score (nSPS) is 12.3. The van der Waals surface area contributed by atoms with Gasteiger partial charge in [-0.15, -0.1) is 0 Å². The highest BCUT2D eigenvalue weighted by molar-refractivity contribution is 5.88. The molecule has 0 saturated carbocycles. The van der Waals surface area contributed by atoms with E-state index in [1.54, 1.807) is 20.2 Å². The molecule has 0 atom stereocenters. The number of aromatic nitrogens is 3. The number of aliphatic hydroxyl groups is 1. The first-order valence-electron chi connectivity index (χ1n) is 5.59. The summed E-state index contributed by atoms with van der Waals surface area (Å²) in [6.45, 7) is 7.93. The van der Waals surface area contributed by atoms with Gasteiger partial charge in [-0.3, -0.25) is 0 Å². The summed E-state index contributed by atoms with van der Waals surface area (Å²) in [4.78, 5) is 8.52. The number of imidazole rings is 1. The van der Waals surface area contributed by atoms with Crippen LogP contribution in [0.1, 0.15) is 25.1 Å². The molecule has 0 spiro atoms. The van der Waals surface area contributed by atoms with Gasteiger partial charge < -0.3 is 15.4 Å². The summed E-state index contributed by atoms with van der Waals surface area (Å²) in [5.74, 6) is 0.442. The predicted octanol–water partition coefficient (Wildman–Crippen LogP) is 1.40. The molecule has 0 unspecified atom stereocenters. The minimum atomic E-state index is -0.786. The van der Waals surface area contributed by atoms with Gasteiger partial charge in [-0.05, 0) is 33.3 Å². The van der Waals surface area contributed by atoms with Gasteiger partial charge in [0, 0.05) is 5.69 Å². The predicted molar refractivity (Wildman–Crippen MR) is 67.7 cm³/mol. The van der Waals surface area contributed by atoms with Crippen molar-refractivity contribution in [3.63, 3.8) is 0 Å². The van der Waals surface area contributed by atoms with Gasteiger partial charge in [-0.1, -0.05) is 0 Å². The van der Waals surface area contributed by atoms with Gasteiger partial charge >= 0.3 is 0 Å². The summed E-state index contributed by atoms with van der Waals surface area (Å²) in [5.41, 5.74) is 8.68. The van der Waals surface area contributed by atoms with Gasteiger partial charge in [0.1, 0.15) is 5.52 Å². The first kappa shape index (κ1) is 11.9. The van der Waals surface area contributed by atoms with Crippen LogP contribution in [0.2, 0.25) is 0 Å². The Bertz CT molecular complexity index is 566. The van der Waals surface area contributed by atoms with E-state index in [0.29, 0.717) is 17.9 Å². The monoisotopic (exact) mass is 234 g/mol. The number of nitrogens with zero attached hydrogens (tertiary/aromatic N) is 3. The molecule has 17 heavy (non-hydrogen) atoms. The summed E-state index contributed by atoms with van der Waals surface area (Å²) >= 11 is 0. The number of fused-ring (bicyclic) bond motifs is 1. The second-order valence-corrected chi connectivity index (χ2v) is 5.09. The highest BCUT2D eigenvalue weighted by Gasteiger charge is 2.18. The SMILES string of the molecule is Cc1nc(N)c2ncn(CC(C)(C)O)c2c1C. The molecule has 0 radical (unpaired) electrons. The Morgan fingerprint density at radius 2 is 2.06 bits per heavy atom. The van der Waals surface area contributed by atoms with Crippen molar-refractivity contribution in [2.24, 2.45) is 0 Å². The standard InChI is InChI=1S/C12H18N4O/c1-7-8(2)15-11(13)9-10(7)16(6-14-9)5-12(3,4)17/h6,17H,5H2,1-4H3,(H2,13,15). The molecule has 92 valence electrons. The summed E-state index contributed by atoms with van der Waals surface area (Å²) < 4.78 is 1.93. The lowest BCUT2D eigenvalue weighted by Crippen LogP contribution is -2.25. The molecule has 0 aromatic carbocycles. The van der Waals surface area contributed by atoms with E-state index in [-0.39, 0.29) is 0 Å². The summed E-state index contributed by atoms with van der Waals surface area (Å²) in [7, 11) is 0. The van der Waals surface area contributed by atoms with Crippen LogP contribution in [0, 0.1) is 13.8 Å². The van der Waals surface area contributed by atoms with E-state index in [4.69, 9.17) is 5.73 Å². The van der Waals surface area contributed by atoms with Crippen LogP contribution in [-0.2, 0) is 6.54 Å². The lowest BCUT2D eigenvalue weighted by atomic mass is 10.1. The minimum absolute atomic E-state index is 0.442. The third-order valence-corrected chi connectivity index (χ3v) is 2.82. The smallest absolute Gasteiger partial charge is 0.151 e. The molecule has 0 aliphatic carbocycles. The van der Waals surface area contributed by atoms with Gasteiger partial charge in [-0.2, -0.15) is 0 Å². The quantitative estimate of drug-likeness (QED) is 0.823. The summed E-state index contributed by atoms with van der Waals surface area (Å²) in [5, 5.41) is 9.88. The number of aryl methyl sites for hydroxylation is 2. The lowest BCUT2D eigenvalue weighted by molar-refractivity contribution is 0.0626. The minimum Gasteiger partial charge on any atom is -0.389 e. The van der Waals surface area contributed by atoms with Crippen molar-refractivity contribution in [2.45, 2.75) is 39.8 Å². The van der Waals surface area contributed by atoms with Crippen molar-refractivity contribution < 1.29 is 5.11 Å². The molecule has 2 rings (SSSR count). The van der Waals surface area contributed by atoms with E-state index in [9.17, 15) is 5.11 Å². The second kappa shape index (κ2) is 3.70. The maximum Gasteiger partial charge on any atom is 0.151 e. The van der Waals surface area contributed by atoms with Crippen LogP contribution in [0.15, 0.2) is 6.33 Å². The number of pyridine rings is 1. The number of rotatable bonds is 2. The van der Waals surface area contributed by atoms with Crippen LogP contribution in [0.3, 0.4) is 0 Å². The van der Waals surface area contributed by atoms with Crippen molar-refractivity contribution in [1.29, 1.82) is 0 Å². The van der Waals surface area contributed by atoms with Gasteiger partial charge in [-0.25, -0.2) is 9.97 Å². The van der Waals surface area contributed by atoms with E-state index in [0.717, 1.165) is 16.8 Å². The molecule has 0 saturated heterocycles. The zero-order valence-electron chi connectivity index (χ0n) is 10.7. The Balaban J connectivity index is 2.67. The number of hydrogen-bond acceptors (Lipinski definition) is 4. The molecule has 3 N–H and O–H groups in total. The van der Waals surface area contributed by atoms with Crippen molar-refractivity contribution in [2.75, 3.05) is 5.73 Å². The highest BCUT2D eigenvalue weighted by Crippen LogP contribution is 2.24. The molecule has 5 nitrogen and oxygen atoms in total. The molecular weight excluding hydrogens is 216 g/mol. The second-order valence-electron chi connectivity index (χ2n) is 5.09. The topological polar surface area (TPSA) is 77.0 Å². The molecule has 0 fully saturated rings. The Labute approximate surface area is 100 Å². The number of hydrogen-bond donors (Lipinski definition) is 2. The molecule has 0 bridgehead atoms. The molecule has 2 aromatic heterocycles. The van der Waals surface area contributed by atoms with Gasteiger partial charge in [0.2, 0.25) is 0 Å². The van der Waals surface area contributed by atoms with Crippen LogP contribution in [0.25, 0.3) is 11.0 Å². The molecule has 5 heteroatoms. The fourth-order valence-electron chi connectivity index (χ4n) is 1.99. The zero-order valence-corrected chi connectivity index (χ0v) is 10.7. The molecule has 2 heterocycles. The Kier molecular flexibility index (Phi) is 2.58. The van der Waals surface area contributed by atoms with Crippen LogP contribution < -0.4 is 5.73 Å². The Morgan fingerprint density at radius 1 is 1.41 bits per heavy atom. The third kappa shape index (κ3) is 2.10. The molecule has 0 amide bonds. The maximum absolute atomic E-state index is 9.88. The van der Waals surface area contributed by atoms with Crippen LogP contribution in [0.4, 0.5) is 5.82 Å². The maximum atomic E-state index is 9.88. The van der Waals surface area contributed by atoms with Gasteiger partial charge in [0.25, 0.3) is 0 Å². The van der Waals surface area contributed by atoms with E-state index in [2.05, 4.69) is 9.97 Å². The van der Waals surface area contributed by atoms with E-state index >= 15 is 0 Å². The average Bonchev–Trinajstić information content (AvgIpc) is 2.56. The zero-order chi connectivity index (χ0) is 12.8. The Morgan fingerprint density at radius 3 is 2.65 bits per heavy atom. The Hall–Kier alpha value is -1.62. The van der Waals surface area contributed by atoms with E-state index in [1.165, 1.54) is 0 Å². The first-order valence-corrected chi connectivity index (χ1v) is 5.59. The first-order chi connectivity index (χ1) is 7.79. The molecule has 2 aromatic rings. The van der Waals surface area contributed by atoms with Crippen molar-refractivity contribution in [1.82, 2.24) is 14.5 Å². The van der Waals surface area contributed by atoms with Crippen LogP contribution >= 0.6 is 0 Å². The lowest BCUT2D eigenvalue weighted by Gasteiger charge is -2.19. The van der Waals surface area contributed by atoms with Crippen molar-refractivity contribution in [3.8, 4) is 0 Å². The van der Waals surface area contributed by atoms with Crippen molar-refractivity contribution >= 4 is 16.9 Å². The van der Waals surface area contributed by atoms with Gasteiger partial charge in [0.05, 0.1) is 24.0 Å². The fraction of sp³-hybridized carbons (Fsp3) is 0.500. The summed E-state index contributed by atoms with van der Waals surface area (Å²) in [6.07, 6.45) is 1.70. The number of nitrogens with two attached hydrogens (primary N) is 1. The third-order valence-electron chi connectivity index (χ3n) is 2.82. The number of anilines is 1. The molecular formula is C12H18N4O. The van der Waals surface area contributed by atoms with E-state index in [1.807, 2.05) is 18.4 Å². The number of nitrogen functional groups attached to an aromatic ring is 1. The molecule has 0 aliphatic rings. The average molecular weight is 234 g/mol. The van der Waals surface area contributed by atoms with Crippen LogP contribution in [-0.4, -0.2) is 25.2 Å². The van der Waals surface area contributed by atoms with E-state index < -0.39 is 5.60 Å². The van der Waals surface area contributed by atoms with Crippen LogP contribution in [0.5, 0.6) is 0 Å². The highest BCUT2D eigenvalue weighted by atomic mass is 16.3. The summed E-state index contributed by atoms with van der Waals surface area (Å²) in [6, 6.07) is 0. The fourth-order valence-corrected chi connectivity index (χ4v) is 1.99. The van der Waals surface area contributed by atoms with Gasteiger partial charge in [0.15, 0.2) is 5.82 Å². The largest absolute Gasteiger partial charge is 0.389 e.